The van der Waals surface area contributed by atoms with Gasteiger partial charge in [0, 0.05) is 44.8 Å². The van der Waals surface area contributed by atoms with Crippen LogP contribution in [0.3, 0.4) is 0 Å². The van der Waals surface area contributed by atoms with Crippen molar-refractivity contribution in [2.45, 2.75) is 58.5 Å². The number of carbonyl (C=O) groups excluding carboxylic acids is 1. The zero-order valence-electron chi connectivity index (χ0n) is 20.1. The van der Waals surface area contributed by atoms with Gasteiger partial charge >= 0.3 is 0 Å². The fourth-order valence-electron chi connectivity index (χ4n) is 5.13. The Labute approximate surface area is 192 Å². The second-order valence-corrected chi connectivity index (χ2v) is 9.21. The maximum Gasteiger partial charge on any atom is 0.253 e. The zero-order valence-corrected chi connectivity index (χ0v) is 20.1. The lowest BCUT2D eigenvalue weighted by molar-refractivity contribution is 0.0718. The topological polar surface area (TPSA) is 53.8 Å². The number of aryl methyl sites for hydroxylation is 1. The predicted molar refractivity (Wildman–Crippen MR) is 130 cm³/mol. The second-order valence-electron chi connectivity index (χ2n) is 9.21. The number of aromatic nitrogens is 2. The van der Waals surface area contributed by atoms with Crippen LogP contribution in [0.4, 0.5) is 5.95 Å². The molecule has 2 aromatic rings. The summed E-state index contributed by atoms with van der Waals surface area (Å²) < 4.78 is 7.82. The number of morpholine rings is 1. The Kier molecular flexibility index (Phi) is 7.68. The Morgan fingerprint density at radius 1 is 1.09 bits per heavy atom. The van der Waals surface area contributed by atoms with E-state index in [0.29, 0.717) is 6.04 Å². The molecule has 0 saturated carbocycles. The summed E-state index contributed by atoms with van der Waals surface area (Å²) in [7, 11) is 1.97. The van der Waals surface area contributed by atoms with E-state index in [2.05, 4.69) is 34.3 Å². The molecule has 2 saturated heterocycles. The summed E-state index contributed by atoms with van der Waals surface area (Å²) in [6.45, 7) is 11.9. The van der Waals surface area contributed by atoms with Crippen molar-refractivity contribution in [3.63, 3.8) is 0 Å². The molecule has 2 aliphatic heterocycles. The van der Waals surface area contributed by atoms with Crippen LogP contribution in [0.2, 0.25) is 0 Å². The maximum absolute atomic E-state index is 13.4. The molecule has 4 rings (SSSR count). The monoisotopic (exact) mass is 441 g/mol. The van der Waals surface area contributed by atoms with E-state index in [1.807, 2.05) is 24.1 Å². The average Bonchev–Trinajstić information content (AvgIpc) is 3.01. The van der Waals surface area contributed by atoms with Gasteiger partial charge in [-0.05, 0) is 63.4 Å². The van der Waals surface area contributed by atoms with Crippen LogP contribution < -0.4 is 4.90 Å². The quantitative estimate of drug-likeness (QED) is 0.657. The van der Waals surface area contributed by atoms with Crippen molar-refractivity contribution in [3.05, 3.63) is 23.8 Å². The van der Waals surface area contributed by atoms with E-state index in [1.54, 1.807) is 0 Å². The number of ether oxygens (including phenoxy) is 1. The minimum Gasteiger partial charge on any atom is -0.378 e. The molecular weight excluding hydrogens is 402 g/mol. The van der Waals surface area contributed by atoms with Crippen LogP contribution in [0.15, 0.2) is 18.2 Å². The van der Waals surface area contributed by atoms with Crippen molar-refractivity contribution in [1.82, 2.24) is 19.4 Å². The summed E-state index contributed by atoms with van der Waals surface area (Å²) in [5, 5.41) is 0. The summed E-state index contributed by atoms with van der Waals surface area (Å²) in [4.78, 5) is 25.2. The van der Waals surface area contributed by atoms with Crippen molar-refractivity contribution in [2.24, 2.45) is 0 Å². The van der Waals surface area contributed by atoms with Crippen molar-refractivity contribution >= 4 is 22.9 Å². The number of amides is 1. The smallest absolute Gasteiger partial charge is 0.253 e. The lowest BCUT2D eigenvalue weighted by Crippen LogP contribution is -2.38. The van der Waals surface area contributed by atoms with E-state index >= 15 is 0 Å². The number of likely N-dealkylation sites (tertiary alicyclic amines) is 1. The van der Waals surface area contributed by atoms with Gasteiger partial charge in [0.05, 0.1) is 24.2 Å². The number of carbonyl (C=O) groups is 1. The molecule has 176 valence electrons. The summed E-state index contributed by atoms with van der Waals surface area (Å²) in [6, 6.07) is 6.36. The lowest BCUT2D eigenvalue weighted by atomic mass is 10.1. The minimum absolute atomic E-state index is 0.110. The molecule has 0 radical (unpaired) electrons. The van der Waals surface area contributed by atoms with Gasteiger partial charge in [0.15, 0.2) is 0 Å². The van der Waals surface area contributed by atoms with Crippen molar-refractivity contribution in [2.75, 3.05) is 57.9 Å². The molecule has 1 amide bonds. The number of fused-ring (bicyclic) bond motifs is 1. The molecule has 1 unspecified atom stereocenters. The van der Waals surface area contributed by atoms with Gasteiger partial charge in [-0.3, -0.25) is 4.79 Å². The highest BCUT2D eigenvalue weighted by Gasteiger charge is 2.25. The van der Waals surface area contributed by atoms with Crippen LogP contribution in [0.25, 0.3) is 11.0 Å². The first-order valence-corrected chi connectivity index (χ1v) is 12.4. The zero-order chi connectivity index (χ0) is 22.5. The molecule has 0 aliphatic carbocycles. The van der Waals surface area contributed by atoms with E-state index in [4.69, 9.17) is 9.72 Å². The molecule has 1 aromatic carbocycles. The molecule has 0 N–H and O–H groups in total. The van der Waals surface area contributed by atoms with E-state index < -0.39 is 0 Å². The lowest BCUT2D eigenvalue weighted by Gasteiger charge is -2.28. The predicted octanol–water partition coefficient (Wildman–Crippen LogP) is 3.62. The average molecular weight is 442 g/mol. The molecule has 0 spiro atoms. The summed E-state index contributed by atoms with van der Waals surface area (Å²) in [5.41, 5.74) is 2.76. The van der Waals surface area contributed by atoms with Crippen LogP contribution in [0.5, 0.6) is 0 Å². The van der Waals surface area contributed by atoms with E-state index in [1.165, 1.54) is 6.42 Å². The number of imidazole rings is 1. The van der Waals surface area contributed by atoms with Gasteiger partial charge in [0.2, 0.25) is 5.95 Å². The van der Waals surface area contributed by atoms with Crippen molar-refractivity contribution in [1.29, 1.82) is 0 Å². The van der Waals surface area contributed by atoms with Crippen LogP contribution in [-0.4, -0.2) is 84.3 Å². The third-order valence-corrected chi connectivity index (χ3v) is 6.91. The standard InChI is InChI=1S/C25H39N5O2/c1-4-11-28-13-6-7-21(10-14-28)27(3)24(31)20-8-9-23-22(19-20)26-25(30(23)12-5-2)29-15-17-32-18-16-29/h8-9,19,21H,4-7,10-18H2,1-3H3. The molecule has 1 aromatic heterocycles. The molecule has 7 heteroatoms. The Morgan fingerprint density at radius 3 is 2.62 bits per heavy atom. The molecular formula is C25H39N5O2. The van der Waals surface area contributed by atoms with Crippen molar-refractivity contribution < 1.29 is 9.53 Å². The van der Waals surface area contributed by atoms with Gasteiger partial charge in [-0.1, -0.05) is 13.8 Å². The maximum atomic E-state index is 13.4. The van der Waals surface area contributed by atoms with Gasteiger partial charge in [-0.15, -0.1) is 0 Å². The molecule has 7 nitrogen and oxygen atoms in total. The van der Waals surface area contributed by atoms with Gasteiger partial charge in [0.1, 0.15) is 0 Å². The van der Waals surface area contributed by atoms with Gasteiger partial charge in [-0.2, -0.15) is 0 Å². The Hall–Kier alpha value is -2.12. The summed E-state index contributed by atoms with van der Waals surface area (Å²) in [6.07, 6.45) is 5.53. The first-order chi connectivity index (χ1) is 15.6. The molecule has 2 fully saturated rings. The van der Waals surface area contributed by atoms with Crippen LogP contribution >= 0.6 is 0 Å². The summed E-state index contributed by atoms with van der Waals surface area (Å²) >= 11 is 0. The number of rotatable bonds is 7. The number of anilines is 1. The molecule has 1 atom stereocenters. The van der Waals surface area contributed by atoms with Crippen molar-refractivity contribution in [3.8, 4) is 0 Å². The second kappa shape index (κ2) is 10.7. The molecule has 0 bridgehead atoms. The van der Waals surface area contributed by atoms with Crippen LogP contribution in [0.1, 0.15) is 56.3 Å². The minimum atomic E-state index is 0.110. The highest BCUT2D eigenvalue weighted by Crippen LogP contribution is 2.26. The molecule has 32 heavy (non-hydrogen) atoms. The Balaban J connectivity index is 1.54. The third-order valence-electron chi connectivity index (χ3n) is 6.91. The highest BCUT2D eigenvalue weighted by atomic mass is 16.5. The van der Waals surface area contributed by atoms with E-state index in [9.17, 15) is 4.79 Å². The van der Waals surface area contributed by atoms with Gasteiger partial charge < -0.3 is 24.0 Å². The van der Waals surface area contributed by atoms with Crippen LogP contribution in [0, 0.1) is 0 Å². The fourth-order valence-corrected chi connectivity index (χ4v) is 5.13. The van der Waals surface area contributed by atoms with E-state index in [0.717, 1.165) is 101 Å². The number of hydrogen-bond donors (Lipinski definition) is 0. The largest absolute Gasteiger partial charge is 0.378 e. The normalized spacial score (nSPS) is 20.5. The third kappa shape index (κ3) is 4.94. The first kappa shape index (κ1) is 23.1. The van der Waals surface area contributed by atoms with Gasteiger partial charge in [0.25, 0.3) is 5.91 Å². The molecule has 3 heterocycles. The van der Waals surface area contributed by atoms with Gasteiger partial charge in [-0.25, -0.2) is 4.98 Å². The Morgan fingerprint density at radius 2 is 1.88 bits per heavy atom. The number of hydrogen-bond acceptors (Lipinski definition) is 5. The van der Waals surface area contributed by atoms with E-state index in [-0.39, 0.29) is 5.91 Å². The van der Waals surface area contributed by atoms with Crippen LogP contribution in [-0.2, 0) is 11.3 Å². The SMILES string of the molecule is CCCN1CCCC(N(C)C(=O)c2ccc3c(c2)nc(N2CCOCC2)n3CCC)CC1. The molecule has 2 aliphatic rings. The Bertz CT molecular complexity index is 905. The highest BCUT2D eigenvalue weighted by molar-refractivity contribution is 5.97. The number of nitrogens with zero attached hydrogens (tertiary/aromatic N) is 5. The first-order valence-electron chi connectivity index (χ1n) is 12.4. The summed E-state index contributed by atoms with van der Waals surface area (Å²) in [5.74, 6) is 1.11. The fraction of sp³-hybridized carbons (Fsp3) is 0.680. The number of benzene rings is 1.